The second-order valence-corrected chi connectivity index (χ2v) is 7.79. The Balaban J connectivity index is 1.64. The van der Waals surface area contributed by atoms with E-state index in [0.29, 0.717) is 5.92 Å². The van der Waals surface area contributed by atoms with Gasteiger partial charge < -0.3 is 10.8 Å². The minimum atomic E-state index is -0.356. The fourth-order valence-corrected chi connectivity index (χ4v) is 4.35. The summed E-state index contributed by atoms with van der Waals surface area (Å²) in [5.74, 6) is 1.30. The highest BCUT2D eigenvalue weighted by molar-refractivity contribution is 5.36. The Hall–Kier alpha value is -1.38. The van der Waals surface area contributed by atoms with Crippen LogP contribution in [-0.4, -0.2) is 17.3 Å². The molecule has 0 unspecified atom stereocenters. The minimum absolute atomic E-state index is 0.108. The lowest BCUT2D eigenvalue weighted by Crippen LogP contribution is -2.40. The molecule has 0 aromatic heterocycles. The molecule has 3 N–H and O–H groups in total. The molecule has 0 bridgehead atoms. The molecule has 3 rings (SSSR count). The Morgan fingerprint density at radius 3 is 2.88 bits per heavy atom. The van der Waals surface area contributed by atoms with Crippen LogP contribution in [0.25, 0.3) is 0 Å². The molecule has 24 heavy (non-hydrogen) atoms. The van der Waals surface area contributed by atoms with Gasteiger partial charge in [-0.2, -0.15) is 0 Å². The SMILES string of the molecule is C/C=C\C=C/C[C@@H]1CCc2cc([C@H]3CC[C@](N)(CO)C3)ccc2C1. The standard InChI is InChI=1S/C22H31NO/c1-2-3-4-5-6-17-7-8-19-14-20(10-9-18(19)13-17)21-11-12-22(23,15-21)16-24/h2-5,9-10,14,17,21,24H,6-8,11-13,15-16,23H2,1H3/b3-2-,5-4-/t17-,21+,22-/m1/s1. The van der Waals surface area contributed by atoms with Gasteiger partial charge in [0.15, 0.2) is 0 Å². The van der Waals surface area contributed by atoms with E-state index in [1.54, 1.807) is 5.56 Å². The highest BCUT2D eigenvalue weighted by Gasteiger charge is 2.36. The molecular formula is C22H31NO. The summed E-state index contributed by atoms with van der Waals surface area (Å²) in [5.41, 5.74) is 10.4. The van der Waals surface area contributed by atoms with E-state index in [2.05, 4.69) is 49.4 Å². The number of rotatable bonds is 5. The van der Waals surface area contributed by atoms with Gasteiger partial charge in [-0.15, -0.1) is 0 Å². The lowest BCUT2D eigenvalue weighted by molar-refractivity contribution is 0.198. The third-order valence-electron chi connectivity index (χ3n) is 5.90. The number of allylic oxidation sites excluding steroid dienone is 4. The van der Waals surface area contributed by atoms with Gasteiger partial charge in [0.05, 0.1) is 6.61 Å². The molecule has 3 atom stereocenters. The van der Waals surface area contributed by atoms with Crippen LogP contribution < -0.4 is 5.73 Å². The van der Waals surface area contributed by atoms with Gasteiger partial charge in [-0.25, -0.2) is 0 Å². The Morgan fingerprint density at radius 2 is 2.12 bits per heavy atom. The third kappa shape index (κ3) is 3.99. The average Bonchev–Trinajstić information content (AvgIpc) is 3.01. The molecule has 1 fully saturated rings. The van der Waals surface area contributed by atoms with Crippen LogP contribution in [0.1, 0.15) is 61.6 Å². The second-order valence-electron chi connectivity index (χ2n) is 7.79. The van der Waals surface area contributed by atoms with Crippen LogP contribution in [0.15, 0.2) is 42.5 Å². The van der Waals surface area contributed by atoms with Crippen molar-refractivity contribution in [2.24, 2.45) is 11.7 Å². The van der Waals surface area contributed by atoms with Gasteiger partial charge in [-0.3, -0.25) is 0 Å². The summed E-state index contributed by atoms with van der Waals surface area (Å²) in [5, 5.41) is 9.48. The van der Waals surface area contributed by atoms with Gasteiger partial charge in [0.25, 0.3) is 0 Å². The van der Waals surface area contributed by atoms with Crippen molar-refractivity contribution in [3.05, 3.63) is 59.2 Å². The van der Waals surface area contributed by atoms with E-state index in [4.69, 9.17) is 5.73 Å². The Bertz CT molecular complexity index is 618. The quantitative estimate of drug-likeness (QED) is 0.794. The number of hydrogen-bond acceptors (Lipinski definition) is 2. The number of aliphatic hydroxyl groups excluding tert-OH is 1. The van der Waals surface area contributed by atoms with E-state index in [0.717, 1.165) is 25.2 Å². The predicted molar refractivity (Wildman–Crippen MR) is 101 cm³/mol. The van der Waals surface area contributed by atoms with Crippen LogP contribution in [0, 0.1) is 5.92 Å². The van der Waals surface area contributed by atoms with Crippen molar-refractivity contribution in [2.75, 3.05) is 6.61 Å². The normalized spacial score (nSPS) is 30.3. The van der Waals surface area contributed by atoms with Crippen LogP contribution in [0.5, 0.6) is 0 Å². The van der Waals surface area contributed by atoms with E-state index in [1.807, 2.05) is 0 Å². The molecule has 2 nitrogen and oxygen atoms in total. The first-order valence-electron chi connectivity index (χ1n) is 9.43. The van der Waals surface area contributed by atoms with E-state index in [1.165, 1.54) is 36.8 Å². The summed E-state index contributed by atoms with van der Waals surface area (Å²) in [6.07, 6.45) is 16.5. The van der Waals surface area contributed by atoms with Gasteiger partial charge in [-0.1, -0.05) is 42.5 Å². The summed E-state index contributed by atoms with van der Waals surface area (Å²) in [6.45, 7) is 2.16. The first kappa shape index (κ1) is 17.4. The first-order valence-corrected chi connectivity index (χ1v) is 9.43. The third-order valence-corrected chi connectivity index (χ3v) is 5.90. The molecule has 1 aromatic rings. The molecule has 2 aliphatic carbocycles. The fraction of sp³-hybridized carbons (Fsp3) is 0.545. The summed E-state index contributed by atoms with van der Waals surface area (Å²) < 4.78 is 0. The van der Waals surface area contributed by atoms with Crippen LogP contribution in [-0.2, 0) is 12.8 Å². The molecule has 0 aliphatic heterocycles. The van der Waals surface area contributed by atoms with Crippen molar-refractivity contribution in [1.29, 1.82) is 0 Å². The van der Waals surface area contributed by atoms with E-state index >= 15 is 0 Å². The van der Waals surface area contributed by atoms with Crippen LogP contribution in [0.2, 0.25) is 0 Å². The topological polar surface area (TPSA) is 46.2 Å². The smallest absolute Gasteiger partial charge is 0.0611 e. The number of nitrogens with two attached hydrogens (primary N) is 1. The molecule has 2 heteroatoms. The number of fused-ring (bicyclic) bond motifs is 1. The van der Waals surface area contributed by atoms with Gasteiger partial charge in [-0.05, 0) is 80.4 Å². The molecular weight excluding hydrogens is 294 g/mol. The molecule has 0 heterocycles. The molecule has 0 saturated heterocycles. The maximum absolute atomic E-state index is 9.48. The Labute approximate surface area is 146 Å². The molecule has 0 spiro atoms. The summed E-state index contributed by atoms with van der Waals surface area (Å²) in [4.78, 5) is 0. The zero-order valence-electron chi connectivity index (χ0n) is 14.9. The van der Waals surface area contributed by atoms with Gasteiger partial charge >= 0.3 is 0 Å². The minimum Gasteiger partial charge on any atom is -0.394 e. The van der Waals surface area contributed by atoms with Crippen molar-refractivity contribution in [3.63, 3.8) is 0 Å². The number of aliphatic hydroxyl groups is 1. The van der Waals surface area contributed by atoms with Gasteiger partial charge in [0, 0.05) is 5.54 Å². The number of benzene rings is 1. The lowest BCUT2D eigenvalue weighted by Gasteiger charge is -2.25. The van der Waals surface area contributed by atoms with Gasteiger partial charge in [0.1, 0.15) is 0 Å². The summed E-state index contributed by atoms with van der Waals surface area (Å²) in [7, 11) is 0. The van der Waals surface area contributed by atoms with Crippen molar-refractivity contribution >= 4 is 0 Å². The van der Waals surface area contributed by atoms with Crippen molar-refractivity contribution in [2.45, 2.75) is 63.3 Å². The van der Waals surface area contributed by atoms with Gasteiger partial charge in [0.2, 0.25) is 0 Å². The van der Waals surface area contributed by atoms with E-state index < -0.39 is 0 Å². The Morgan fingerprint density at radius 1 is 1.25 bits per heavy atom. The van der Waals surface area contributed by atoms with Crippen LogP contribution >= 0.6 is 0 Å². The molecule has 1 saturated carbocycles. The van der Waals surface area contributed by atoms with E-state index in [-0.39, 0.29) is 12.1 Å². The average molecular weight is 325 g/mol. The maximum atomic E-state index is 9.48. The molecule has 2 aliphatic rings. The molecule has 0 amide bonds. The summed E-state index contributed by atoms with van der Waals surface area (Å²) in [6, 6.07) is 7.08. The Kier molecular flexibility index (Phi) is 5.57. The largest absolute Gasteiger partial charge is 0.394 e. The van der Waals surface area contributed by atoms with Crippen LogP contribution in [0.3, 0.4) is 0 Å². The highest BCUT2D eigenvalue weighted by atomic mass is 16.3. The predicted octanol–water partition coefficient (Wildman–Crippen LogP) is 4.27. The number of hydrogen-bond donors (Lipinski definition) is 2. The lowest BCUT2D eigenvalue weighted by atomic mass is 9.80. The van der Waals surface area contributed by atoms with Crippen molar-refractivity contribution < 1.29 is 5.11 Å². The van der Waals surface area contributed by atoms with Crippen molar-refractivity contribution in [1.82, 2.24) is 0 Å². The molecule has 130 valence electrons. The van der Waals surface area contributed by atoms with E-state index in [9.17, 15) is 5.11 Å². The molecule has 1 aromatic carbocycles. The first-order chi connectivity index (χ1) is 11.6. The fourth-order valence-electron chi connectivity index (χ4n) is 4.35. The molecule has 0 radical (unpaired) electrons. The second kappa shape index (κ2) is 7.67. The highest BCUT2D eigenvalue weighted by Crippen LogP contribution is 2.40. The summed E-state index contributed by atoms with van der Waals surface area (Å²) >= 11 is 0. The zero-order chi connectivity index (χ0) is 17.0. The number of aryl methyl sites for hydroxylation is 1. The van der Waals surface area contributed by atoms with Crippen molar-refractivity contribution in [3.8, 4) is 0 Å². The monoisotopic (exact) mass is 325 g/mol. The zero-order valence-corrected chi connectivity index (χ0v) is 14.9. The maximum Gasteiger partial charge on any atom is 0.0611 e. The van der Waals surface area contributed by atoms with Crippen LogP contribution in [0.4, 0.5) is 0 Å².